The highest BCUT2D eigenvalue weighted by atomic mass is 32.1. The van der Waals surface area contributed by atoms with Gasteiger partial charge in [0.25, 0.3) is 5.91 Å². The number of thiazole rings is 1. The molecule has 1 atom stereocenters. The van der Waals surface area contributed by atoms with Crippen LogP contribution in [0.4, 0.5) is 9.93 Å². The van der Waals surface area contributed by atoms with Crippen LogP contribution in [0.3, 0.4) is 0 Å². The number of aromatic nitrogens is 1. The molecule has 1 aliphatic rings. The molecule has 0 bridgehead atoms. The number of carbonyl (C=O) groups excluding carboxylic acids is 3. The number of rotatable bonds is 7. The summed E-state index contributed by atoms with van der Waals surface area (Å²) in [6, 6.07) is 3.69. The maximum atomic E-state index is 12.5. The van der Waals surface area contributed by atoms with Crippen LogP contribution in [0.5, 0.6) is 11.5 Å². The van der Waals surface area contributed by atoms with E-state index in [1.165, 1.54) is 25.6 Å². The van der Waals surface area contributed by atoms with Gasteiger partial charge < -0.3 is 20.1 Å². The second kappa shape index (κ2) is 8.04. The minimum absolute atomic E-state index is 0.0651. The smallest absolute Gasteiger partial charge is 0.325 e. The van der Waals surface area contributed by atoms with Crippen molar-refractivity contribution in [3.63, 3.8) is 0 Å². The van der Waals surface area contributed by atoms with Crippen molar-refractivity contribution in [3.05, 3.63) is 35.3 Å². The average Bonchev–Trinajstić information content (AvgIpc) is 3.25. The molecule has 2 heterocycles. The van der Waals surface area contributed by atoms with Crippen molar-refractivity contribution < 1.29 is 23.9 Å². The summed E-state index contributed by atoms with van der Waals surface area (Å²) in [4.78, 5) is 41.8. The number of carbonyl (C=O) groups is 3. The molecule has 1 fully saturated rings. The van der Waals surface area contributed by atoms with Crippen molar-refractivity contribution in [1.82, 2.24) is 15.2 Å². The third kappa shape index (κ3) is 4.17. The van der Waals surface area contributed by atoms with E-state index < -0.39 is 23.9 Å². The van der Waals surface area contributed by atoms with Crippen LogP contribution >= 0.6 is 11.3 Å². The molecule has 9 nitrogen and oxygen atoms in total. The van der Waals surface area contributed by atoms with Crippen molar-refractivity contribution in [2.75, 3.05) is 19.5 Å². The first-order chi connectivity index (χ1) is 13.0. The number of anilines is 1. The molecule has 0 radical (unpaired) electrons. The number of imide groups is 1. The maximum absolute atomic E-state index is 12.5. The summed E-state index contributed by atoms with van der Waals surface area (Å²) < 4.78 is 10.4. The van der Waals surface area contributed by atoms with E-state index in [0.717, 1.165) is 4.90 Å². The van der Waals surface area contributed by atoms with E-state index >= 15 is 0 Å². The lowest BCUT2D eigenvalue weighted by Gasteiger charge is -2.15. The van der Waals surface area contributed by atoms with Crippen LogP contribution in [-0.2, 0) is 16.1 Å². The molecular formula is C17H18N4O5S. The predicted molar refractivity (Wildman–Crippen MR) is 97.8 cm³/mol. The van der Waals surface area contributed by atoms with Crippen LogP contribution in [0.25, 0.3) is 0 Å². The lowest BCUT2D eigenvalue weighted by molar-refractivity contribution is -0.130. The van der Waals surface area contributed by atoms with Crippen molar-refractivity contribution in [1.29, 1.82) is 0 Å². The molecule has 0 aliphatic carbocycles. The van der Waals surface area contributed by atoms with Crippen LogP contribution in [0.15, 0.2) is 29.8 Å². The van der Waals surface area contributed by atoms with Crippen molar-refractivity contribution >= 4 is 34.3 Å². The first-order valence-corrected chi connectivity index (χ1v) is 8.92. The van der Waals surface area contributed by atoms with Crippen LogP contribution in [-0.4, -0.2) is 48.0 Å². The highest BCUT2D eigenvalue weighted by Gasteiger charge is 2.39. The fourth-order valence-electron chi connectivity index (χ4n) is 2.67. The van der Waals surface area contributed by atoms with Gasteiger partial charge in [-0.3, -0.25) is 14.5 Å². The number of ether oxygens (including phenoxy) is 2. The van der Waals surface area contributed by atoms with E-state index in [0.29, 0.717) is 22.2 Å². The highest BCUT2D eigenvalue weighted by molar-refractivity contribution is 7.13. The Bertz CT molecular complexity index is 855. The third-order valence-electron chi connectivity index (χ3n) is 3.96. The molecule has 1 aromatic heterocycles. The van der Waals surface area contributed by atoms with Gasteiger partial charge in [-0.2, -0.15) is 0 Å². The number of urea groups is 1. The molecule has 2 aromatic rings. The highest BCUT2D eigenvalue weighted by Crippen LogP contribution is 2.28. The quantitative estimate of drug-likeness (QED) is 0.695. The van der Waals surface area contributed by atoms with E-state index in [9.17, 15) is 14.4 Å². The van der Waals surface area contributed by atoms with Gasteiger partial charge in [0.05, 0.1) is 27.2 Å². The van der Waals surface area contributed by atoms with E-state index in [2.05, 4.69) is 15.6 Å². The number of hydrogen-bond acceptors (Lipinski definition) is 7. The normalized spacial score (nSPS) is 16.2. The number of nitrogens with zero attached hydrogens (tertiary/aromatic N) is 2. The number of methoxy groups -OCH3 is 2. The lowest BCUT2D eigenvalue weighted by atomic mass is 10.1. The fraction of sp³-hybridized carbons (Fsp3) is 0.294. The zero-order valence-corrected chi connectivity index (χ0v) is 15.5. The van der Waals surface area contributed by atoms with Crippen LogP contribution in [0.2, 0.25) is 0 Å². The summed E-state index contributed by atoms with van der Waals surface area (Å²) in [7, 11) is 3.03. The first-order valence-electron chi connectivity index (χ1n) is 8.04. The molecule has 0 saturated carbocycles. The molecule has 1 saturated heterocycles. The number of nitrogens with one attached hydrogen (secondary N) is 2. The van der Waals surface area contributed by atoms with E-state index in [1.54, 1.807) is 29.8 Å². The van der Waals surface area contributed by atoms with Crippen molar-refractivity contribution in [3.8, 4) is 11.5 Å². The third-order valence-corrected chi connectivity index (χ3v) is 4.65. The molecule has 2 N–H and O–H groups in total. The summed E-state index contributed by atoms with van der Waals surface area (Å²) in [6.45, 7) is 0.0651. The van der Waals surface area contributed by atoms with Crippen LogP contribution in [0.1, 0.15) is 12.0 Å². The fourth-order valence-corrected chi connectivity index (χ4v) is 3.21. The molecule has 4 amide bonds. The molecule has 27 heavy (non-hydrogen) atoms. The average molecular weight is 390 g/mol. The first kappa shape index (κ1) is 18.6. The second-order valence-corrected chi connectivity index (χ2v) is 6.60. The van der Waals surface area contributed by atoms with Gasteiger partial charge in [0.2, 0.25) is 5.91 Å². The Kier molecular flexibility index (Phi) is 5.55. The summed E-state index contributed by atoms with van der Waals surface area (Å²) in [5.74, 6) is 0.206. The minimum atomic E-state index is -0.905. The Balaban J connectivity index is 1.64. The Morgan fingerprint density at radius 2 is 2.07 bits per heavy atom. The predicted octanol–water partition coefficient (Wildman–Crippen LogP) is 1.61. The molecule has 10 heteroatoms. The van der Waals surface area contributed by atoms with Gasteiger partial charge in [0, 0.05) is 11.6 Å². The second-order valence-electron chi connectivity index (χ2n) is 5.71. The SMILES string of the molecule is COc1ccc(CN2C(=O)N[C@@H](CC(=O)Nc3nccs3)C2=O)cc1OC. The van der Waals surface area contributed by atoms with Gasteiger partial charge in [-0.25, -0.2) is 9.78 Å². The zero-order valence-electron chi connectivity index (χ0n) is 14.7. The summed E-state index contributed by atoms with van der Waals surface area (Å²) >= 11 is 1.27. The number of hydrogen-bond donors (Lipinski definition) is 2. The van der Waals surface area contributed by atoms with E-state index in [-0.39, 0.29) is 13.0 Å². The summed E-state index contributed by atoms with van der Waals surface area (Å²) in [6.07, 6.45) is 1.40. The Labute approximate surface area is 159 Å². The maximum Gasteiger partial charge on any atom is 0.325 e. The van der Waals surface area contributed by atoms with E-state index in [4.69, 9.17) is 9.47 Å². The van der Waals surface area contributed by atoms with Gasteiger partial charge >= 0.3 is 6.03 Å². The lowest BCUT2D eigenvalue weighted by Crippen LogP contribution is -2.34. The van der Waals surface area contributed by atoms with E-state index in [1.807, 2.05) is 0 Å². The topological polar surface area (TPSA) is 110 Å². The van der Waals surface area contributed by atoms with Gasteiger partial charge in [-0.1, -0.05) is 6.07 Å². The number of benzene rings is 1. The Morgan fingerprint density at radius 3 is 2.74 bits per heavy atom. The zero-order chi connectivity index (χ0) is 19.4. The van der Waals surface area contributed by atoms with Gasteiger partial charge in [0.15, 0.2) is 16.6 Å². The molecule has 3 rings (SSSR count). The van der Waals surface area contributed by atoms with Gasteiger partial charge in [-0.05, 0) is 17.7 Å². The van der Waals surface area contributed by atoms with Crippen LogP contribution < -0.4 is 20.1 Å². The Morgan fingerprint density at radius 1 is 1.30 bits per heavy atom. The Hall–Kier alpha value is -3.14. The van der Waals surface area contributed by atoms with Crippen molar-refractivity contribution in [2.24, 2.45) is 0 Å². The molecule has 1 aliphatic heterocycles. The number of amides is 4. The monoisotopic (exact) mass is 390 g/mol. The summed E-state index contributed by atoms with van der Waals surface area (Å²) in [5, 5.41) is 7.30. The largest absolute Gasteiger partial charge is 0.493 e. The van der Waals surface area contributed by atoms with Crippen molar-refractivity contribution in [2.45, 2.75) is 19.0 Å². The molecule has 0 spiro atoms. The molecule has 0 unspecified atom stereocenters. The van der Waals surface area contributed by atoms with Crippen LogP contribution in [0, 0.1) is 0 Å². The molecule has 142 valence electrons. The standard InChI is InChI=1S/C17H18N4O5S/c1-25-12-4-3-10(7-13(12)26-2)9-21-15(23)11(19-17(21)24)8-14(22)20-16-18-5-6-27-16/h3-7,11H,8-9H2,1-2H3,(H,19,24)(H,18,20,22)/t11-/m0/s1. The molecule has 1 aromatic carbocycles. The minimum Gasteiger partial charge on any atom is -0.493 e. The van der Waals surface area contributed by atoms with Gasteiger partial charge in [-0.15, -0.1) is 11.3 Å². The summed E-state index contributed by atoms with van der Waals surface area (Å²) in [5.41, 5.74) is 0.698. The van der Waals surface area contributed by atoms with Gasteiger partial charge in [0.1, 0.15) is 6.04 Å². The molecular weight excluding hydrogens is 372 g/mol.